The van der Waals surface area contributed by atoms with E-state index in [0.29, 0.717) is 23.7 Å². The molecule has 2 N–H and O–H groups in total. The van der Waals surface area contributed by atoms with E-state index in [1.165, 1.54) is 13.2 Å². The highest BCUT2D eigenvalue weighted by molar-refractivity contribution is 5.95. The van der Waals surface area contributed by atoms with Gasteiger partial charge in [0, 0.05) is 5.56 Å². The molecular weight excluding hydrogens is 264 g/mol. The van der Waals surface area contributed by atoms with Gasteiger partial charge in [-0.05, 0) is 32.0 Å². The number of methoxy groups -OCH3 is 1. The van der Waals surface area contributed by atoms with Crippen LogP contribution in [0.3, 0.4) is 0 Å². The molecule has 0 bridgehead atoms. The van der Waals surface area contributed by atoms with Crippen LogP contribution in [0.2, 0.25) is 0 Å². The molecule has 0 unspecified atom stereocenters. The van der Waals surface area contributed by atoms with E-state index < -0.39 is 12.0 Å². The lowest BCUT2D eigenvalue weighted by atomic mass is 10.2. The molecule has 1 rings (SSSR count). The van der Waals surface area contributed by atoms with Gasteiger partial charge < -0.3 is 14.2 Å². The Balaban J connectivity index is 2.71. The molecule has 0 saturated heterocycles. The van der Waals surface area contributed by atoms with Crippen LogP contribution in [0.5, 0.6) is 11.5 Å². The third kappa shape index (κ3) is 4.34. The molecule has 0 aromatic heterocycles. The maximum absolute atomic E-state index is 11.8. The van der Waals surface area contributed by atoms with Crippen molar-refractivity contribution in [3.05, 3.63) is 23.8 Å². The molecule has 0 aliphatic carbocycles. The van der Waals surface area contributed by atoms with Crippen molar-refractivity contribution >= 4 is 12.0 Å². The SMILES string of the molecule is CCOC(=O)NNC(=O)c1ccc(OCC)c(OC)c1. The highest BCUT2D eigenvalue weighted by Gasteiger charge is 2.11. The predicted molar refractivity (Wildman–Crippen MR) is 71.8 cm³/mol. The molecule has 7 nitrogen and oxygen atoms in total. The fourth-order valence-electron chi connectivity index (χ4n) is 1.43. The normalized spacial score (nSPS) is 9.55. The summed E-state index contributed by atoms with van der Waals surface area (Å²) in [6.45, 7) is 4.23. The van der Waals surface area contributed by atoms with Gasteiger partial charge in [-0.2, -0.15) is 0 Å². The Labute approximate surface area is 117 Å². The van der Waals surface area contributed by atoms with E-state index in [-0.39, 0.29) is 6.61 Å². The van der Waals surface area contributed by atoms with Crippen molar-refractivity contribution in [2.24, 2.45) is 0 Å². The first-order valence-electron chi connectivity index (χ1n) is 6.16. The van der Waals surface area contributed by atoms with Crippen LogP contribution in [0, 0.1) is 0 Å². The molecule has 0 heterocycles. The maximum Gasteiger partial charge on any atom is 0.426 e. The molecule has 1 aromatic carbocycles. The molecule has 0 aliphatic rings. The molecule has 0 aliphatic heterocycles. The number of carbonyl (C=O) groups is 2. The average molecular weight is 282 g/mol. The van der Waals surface area contributed by atoms with Gasteiger partial charge in [-0.25, -0.2) is 10.2 Å². The summed E-state index contributed by atoms with van der Waals surface area (Å²) in [7, 11) is 1.48. The number of carbonyl (C=O) groups excluding carboxylic acids is 2. The quantitative estimate of drug-likeness (QED) is 0.799. The second-order valence-corrected chi connectivity index (χ2v) is 3.60. The number of rotatable bonds is 5. The van der Waals surface area contributed by atoms with Crippen LogP contribution in [-0.2, 0) is 4.74 Å². The number of ether oxygens (including phenoxy) is 3. The molecule has 0 atom stereocenters. The van der Waals surface area contributed by atoms with Crippen LogP contribution < -0.4 is 20.3 Å². The number of nitrogens with one attached hydrogen (secondary N) is 2. The monoisotopic (exact) mass is 282 g/mol. The fourth-order valence-corrected chi connectivity index (χ4v) is 1.43. The van der Waals surface area contributed by atoms with Gasteiger partial charge >= 0.3 is 6.09 Å². The van der Waals surface area contributed by atoms with E-state index in [1.54, 1.807) is 19.1 Å². The number of hydrazine groups is 1. The van der Waals surface area contributed by atoms with E-state index in [1.807, 2.05) is 6.92 Å². The molecule has 20 heavy (non-hydrogen) atoms. The highest BCUT2D eigenvalue weighted by Crippen LogP contribution is 2.27. The zero-order valence-electron chi connectivity index (χ0n) is 11.7. The minimum atomic E-state index is -0.723. The second kappa shape index (κ2) is 7.88. The summed E-state index contributed by atoms with van der Waals surface area (Å²) in [4.78, 5) is 22.9. The first-order chi connectivity index (χ1) is 9.62. The molecule has 1 aromatic rings. The molecule has 2 amide bonds. The van der Waals surface area contributed by atoms with Crippen LogP contribution in [0.25, 0.3) is 0 Å². The van der Waals surface area contributed by atoms with E-state index in [2.05, 4.69) is 15.6 Å². The molecule has 0 spiro atoms. The van der Waals surface area contributed by atoms with Gasteiger partial charge in [-0.3, -0.25) is 10.2 Å². The number of amides is 2. The first kappa shape index (κ1) is 15.6. The summed E-state index contributed by atoms with van der Waals surface area (Å²) < 4.78 is 15.1. The second-order valence-electron chi connectivity index (χ2n) is 3.60. The highest BCUT2D eigenvalue weighted by atomic mass is 16.6. The lowest BCUT2D eigenvalue weighted by Crippen LogP contribution is -2.41. The summed E-state index contributed by atoms with van der Waals surface area (Å²) in [5.74, 6) is 0.500. The Morgan fingerprint density at radius 2 is 1.85 bits per heavy atom. The van der Waals surface area contributed by atoms with Gasteiger partial charge in [0.05, 0.1) is 20.3 Å². The van der Waals surface area contributed by atoms with Gasteiger partial charge in [-0.15, -0.1) is 0 Å². The number of benzene rings is 1. The predicted octanol–water partition coefficient (Wildman–Crippen LogP) is 1.48. The van der Waals surface area contributed by atoms with Crippen molar-refractivity contribution in [3.63, 3.8) is 0 Å². The van der Waals surface area contributed by atoms with Crippen LogP contribution in [0.15, 0.2) is 18.2 Å². The van der Waals surface area contributed by atoms with Crippen molar-refractivity contribution in [1.29, 1.82) is 0 Å². The standard InChI is InChI=1S/C13H18N2O5/c1-4-19-10-7-6-9(8-11(10)18-3)12(16)14-15-13(17)20-5-2/h6-8H,4-5H2,1-3H3,(H,14,16)(H,15,17). The molecular formula is C13H18N2O5. The van der Waals surface area contributed by atoms with Gasteiger partial charge in [0.25, 0.3) is 5.91 Å². The van der Waals surface area contributed by atoms with Crippen LogP contribution in [0.4, 0.5) is 4.79 Å². The van der Waals surface area contributed by atoms with E-state index in [9.17, 15) is 9.59 Å². The fraction of sp³-hybridized carbons (Fsp3) is 0.385. The minimum absolute atomic E-state index is 0.221. The van der Waals surface area contributed by atoms with E-state index in [4.69, 9.17) is 9.47 Å². The minimum Gasteiger partial charge on any atom is -0.493 e. The zero-order valence-corrected chi connectivity index (χ0v) is 11.7. The molecule has 0 fully saturated rings. The Morgan fingerprint density at radius 3 is 2.45 bits per heavy atom. The van der Waals surface area contributed by atoms with Crippen LogP contribution in [0.1, 0.15) is 24.2 Å². The molecule has 0 radical (unpaired) electrons. The summed E-state index contributed by atoms with van der Waals surface area (Å²) in [5.41, 5.74) is 4.67. The van der Waals surface area contributed by atoms with Crippen LogP contribution >= 0.6 is 0 Å². The van der Waals surface area contributed by atoms with Crippen molar-refractivity contribution < 1.29 is 23.8 Å². The summed E-state index contributed by atoms with van der Waals surface area (Å²) in [6.07, 6.45) is -0.723. The topological polar surface area (TPSA) is 85.9 Å². The lowest BCUT2D eigenvalue weighted by molar-refractivity contribution is 0.0912. The summed E-state index contributed by atoms with van der Waals surface area (Å²) >= 11 is 0. The van der Waals surface area contributed by atoms with E-state index in [0.717, 1.165) is 0 Å². The smallest absolute Gasteiger partial charge is 0.426 e. The molecule has 110 valence electrons. The van der Waals surface area contributed by atoms with Crippen LogP contribution in [-0.4, -0.2) is 32.3 Å². The van der Waals surface area contributed by atoms with Gasteiger partial charge in [0.2, 0.25) is 0 Å². The Bertz CT molecular complexity index is 476. The van der Waals surface area contributed by atoms with Crippen molar-refractivity contribution in [2.75, 3.05) is 20.3 Å². The largest absolute Gasteiger partial charge is 0.493 e. The third-order valence-corrected chi connectivity index (χ3v) is 2.28. The number of hydrogen-bond donors (Lipinski definition) is 2. The van der Waals surface area contributed by atoms with Crippen molar-refractivity contribution in [2.45, 2.75) is 13.8 Å². The van der Waals surface area contributed by atoms with Gasteiger partial charge in [-0.1, -0.05) is 0 Å². The lowest BCUT2D eigenvalue weighted by Gasteiger charge is -2.11. The zero-order chi connectivity index (χ0) is 15.0. The number of hydrogen-bond acceptors (Lipinski definition) is 5. The Hall–Kier alpha value is -2.44. The average Bonchev–Trinajstić information content (AvgIpc) is 2.45. The summed E-state index contributed by atoms with van der Waals surface area (Å²) in [5, 5.41) is 0. The Kier molecular flexibility index (Phi) is 6.15. The summed E-state index contributed by atoms with van der Waals surface area (Å²) in [6, 6.07) is 4.71. The Morgan fingerprint density at radius 1 is 1.10 bits per heavy atom. The molecule has 0 saturated carbocycles. The van der Waals surface area contributed by atoms with Gasteiger partial charge in [0.15, 0.2) is 11.5 Å². The van der Waals surface area contributed by atoms with Crippen molar-refractivity contribution in [1.82, 2.24) is 10.9 Å². The molecule has 7 heteroatoms. The maximum atomic E-state index is 11.8. The first-order valence-corrected chi connectivity index (χ1v) is 6.16. The third-order valence-electron chi connectivity index (χ3n) is 2.28. The van der Waals surface area contributed by atoms with Gasteiger partial charge in [0.1, 0.15) is 0 Å². The van der Waals surface area contributed by atoms with Crippen molar-refractivity contribution in [3.8, 4) is 11.5 Å². The van der Waals surface area contributed by atoms with E-state index >= 15 is 0 Å².